The Morgan fingerprint density at radius 2 is 1.83 bits per heavy atom. The summed E-state index contributed by atoms with van der Waals surface area (Å²) in [5.41, 5.74) is 0. The summed E-state index contributed by atoms with van der Waals surface area (Å²) in [6.45, 7) is 8.74. The van der Waals surface area contributed by atoms with Gasteiger partial charge in [0.15, 0.2) is 0 Å². The maximum atomic E-state index is 9.36. The summed E-state index contributed by atoms with van der Waals surface area (Å²) in [6, 6.07) is 0. The van der Waals surface area contributed by atoms with Crippen molar-refractivity contribution in [2.45, 2.75) is 52.7 Å². The Labute approximate surface area is 75.9 Å². The summed E-state index contributed by atoms with van der Waals surface area (Å²) in [4.78, 5) is 0. The maximum Gasteiger partial charge on any atom is 0.0624 e. The van der Waals surface area contributed by atoms with Gasteiger partial charge in [-0.1, -0.05) is 20.3 Å². The van der Waals surface area contributed by atoms with Crippen LogP contribution in [0.3, 0.4) is 0 Å². The molecule has 0 aliphatic rings. The molecule has 2 heteroatoms. The lowest BCUT2D eigenvalue weighted by molar-refractivity contribution is -0.0239. The lowest BCUT2D eigenvalue weighted by Crippen LogP contribution is -2.29. The van der Waals surface area contributed by atoms with Gasteiger partial charge in [0.25, 0.3) is 0 Å². The van der Waals surface area contributed by atoms with E-state index in [0.29, 0.717) is 0 Å². The fourth-order valence-electron chi connectivity index (χ4n) is 1.31. The third kappa shape index (κ3) is 4.07. The van der Waals surface area contributed by atoms with E-state index in [9.17, 15) is 5.11 Å². The highest BCUT2D eigenvalue weighted by molar-refractivity contribution is 4.70. The van der Waals surface area contributed by atoms with Gasteiger partial charge in [-0.3, -0.25) is 0 Å². The molecule has 3 unspecified atom stereocenters. The summed E-state index contributed by atoms with van der Waals surface area (Å²) in [5.74, 6) is 0.241. The molecular weight excluding hydrogens is 152 g/mol. The molecule has 0 saturated heterocycles. The second-order valence-corrected chi connectivity index (χ2v) is 3.38. The molecule has 0 amide bonds. The molecule has 74 valence electrons. The van der Waals surface area contributed by atoms with E-state index in [2.05, 4.69) is 6.92 Å². The van der Waals surface area contributed by atoms with Gasteiger partial charge in [-0.25, -0.2) is 0 Å². The van der Waals surface area contributed by atoms with Crippen LogP contribution in [0.4, 0.5) is 0 Å². The Bertz CT molecular complexity index is 96.0. The van der Waals surface area contributed by atoms with Crippen LogP contribution in [0.25, 0.3) is 0 Å². The van der Waals surface area contributed by atoms with E-state index >= 15 is 0 Å². The number of hydrogen-bond acceptors (Lipinski definition) is 2. The minimum atomic E-state index is -0.270. The Hall–Kier alpha value is -0.0800. The highest BCUT2D eigenvalue weighted by Gasteiger charge is 2.20. The van der Waals surface area contributed by atoms with Crippen LogP contribution in [-0.2, 0) is 4.74 Å². The van der Waals surface area contributed by atoms with Crippen LogP contribution in [-0.4, -0.2) is 23.9 Å². The van der Waals surface area contributed by atoms with Crippen molar-refractivity contribution < 1.29 is 9.84 Å². The van der Waals surface area contributed by atoms with Crippen molar-refractivity contribution in [2.24, 2.45) is 5.92 Å². The highest BCUT2D eigenvalue weighted by Crippen LogP contribution is 2.16. The molecule has 0 radical (unpaired) electrons. The predicted molar refractivity (Wildman–Crippen MR) is 51.2 cm³/mol. The molecule has 0 aromatic rings. The molecule has 1 N–H and O–H groups in total. The summed E-state index contributed by atoms with van der Waals surface area (Å²) in [5, 5.41) is 9.36. The Balaban J connectivity index is 3.89. The van der Waals surface area contributed by atoms with Crippen molar-refractivity contribution in [2.75, 3.05) is 6.61 Å². The van der Waals surface area contributed by atoms with E-state index in [-0.39, 0.29) is 18.1 Å². The quantitative estimate of drug-likeness (QED) is 0.669. The number of hydrogen-bond donors (Lipinski definition) is 1. The topological polar surface area (TPSA) is 29.5 Å². The normalized spacial score (nSPS) is 18.8. The van der Waals surface area contributed by atoms with Crippen LogP contribution in [0, 0.1) is 5.92 Å². The summed E-state index contributed by atoms with van der Waals surface area (Å²) >= 11 is 0. The number of aliphatic hydroxyl groups is 1. The monoisotopic (exact) mass is 174 g/mol. The molecule has 2 nitrogen and oxygen atoms in total. The molecule has 0 fully saturated rings. The molecule has 0 heterocycles. The van der Waals surface area contributed by atoms with Crippen molar-refractivity contribution in [1.82, 2.24) is 0 Å². The second-order valence-electron chi connectivity index (χ2n) is 3.38. The van der Waals surface area contributed by atoms with Crippen LogP contribution in [0.15, 0.2) is 0 Å². The molecule has 3 atom stereocenters. The Morgan fingerprint density at radius 1 is 1.25 bits per heavy atom. The zero-order chi connectivity index (χ0) is 9.56. The van der Waals surface area contributed by atoms with Crippen molar-refractivity contribution in [3.05, 3.63) is 0 Å². The van der Waals surface area contributed by atoms with Gasteiger partial charge >= 0.3 is 0 Å². The summed E-state index contributed by atoms with van der Waals surface area (Å²) in [6.07, 6.45) is 2.11. The smallest absolute Gasteiger partial charge is 0.0624 e. The van der Waals surface area contributed by atoms with E-state index in [1.165, 1.54) is 0 Å². The molecule has 0 aliphatic heterocycles. The van der Waals surface area contributed by atoms with E-state index in [1.807, 2.05) is 20.8 Å². The first kappa shape index (κ1) is 11.9. The van der Waals surface area contributed by atoms with Gasteiger partial charge in [-0.2, -0.15) is 0 Å². The SMILES string of the molecule is CCCC(OCC)C(C)C(C)O. The standard InChI is InChI=1S/C10H22O2/c1-5-7-10(12-6-2)8(3)9(4)11/h8-11H,5-7H2,1-4H3. The molecule has 0 bridgehead atoms. The first-order valence-corrected chi connectivity index (χ1v) is 4.93. The van der Waals surface area contributed by atoms with Crippen molar-refractivity contribution in [3.8, 4) is 0 Å². The molecule has 0 aromatic heterocycles. The first-order valence-electron chi connectivity index (χ1n) is 4.93. The third-order valence-electron chi connectivity index (χ3n) is 2.30. The lowest BCUT2D eigenvalue weighted by atomic mass is 9.96. The van der Waals surface area contributed by atoms with E-state index in [1.54, 1.807) is 0 Å². The molecule has 12 heavy (non-hydrogen) atoms. The molecule has 0 aliphatic carbocycles. The van der Waals surface area contributed by atoms with Crippen LogP contribution in [0.2, 0.25) is 0 Å². The maximum absolute atomic E-state index is 9.36. The van der Waals surface area contributed by atoms with E-state index in [0.717, 1.165) is 19.4 Å². The van der Waals surface area contributed by atoms with Crippen LogP contribution < -0.4 is 0 Å². The van der Waals surface area contributed by atoms with Gasteiger partial charge in [0.05, 0.1) is 12.2 Å². The van der Waals surface area contributed by atoms with Gasteiger partial charge in [0, 0.05) is 12.5 Å². The van der Waals surface area contributed by atoms with Crippen molar-refractivity contribution in [3.63, 3.8) is 0 Å². The second kappa shape index (κ2) is 6.44. The van der Waals surface area contributed by atoms with Gasteiger partial charge in [0.1, 0.15) is 0 Å². The number of ether oxygens (including phenoxy) is 1. The fourth-order valence-corrected chi connectivity index (χ4v) is 1.31. The Morgan fingerprint density at radius 3 is 2.17 bits per heavy atom. The van der Waals surface area contributed by atoms with E-state index < -0.39 is 0 Å². The van der Waals surface area contributed by atoms with Gasteiger partial charge in [-0.05, 0) is 20.3 Å². The van der Waals surface area contributed by atoms with Gasteiger partial charge < -0.3 is 9.84 Å². The van der Waals surface area contributed by atoms with Gasteiger partial charge in [0.2, 0.25) is 0 Å². The fraction of sp³-hybridized carbons (Fsp3) is 1.00. The van der Waals surface area contributed by atoms with Crippen molar-refractivity contribution >= 4 is 0 Å². The van der Waals surface area contributed by atoms with Crippen LogP contribution >= 0.6 is 0 Å². The zero-order valence-corrected chi connectivity index (χ0v) is 8.71. The van der Waals surface area contributed by atoms with Crippen LogP contribution in [0.5, 0.6) is 0 Å². The zero-order valence-electron chi connectivity index (χ0n) is 8.71. The summed E-state index contributed by atoms with van der Waals surface area (Å²) < 4.78 is 5.55. The number of rotatable bonds is 6. The van der Waals surface area contributed by atoms with E-state index in [4.69, 9.17) is 4.74 Å². The minimum absolute atomic E-state index is 0.222. The Kier molecular flexibility index (Phi) is 6.39. The average molecular weight is 174 g/mol. The molecule has 0 spiro atoms. The molecule has 0 rings (SSSR count). The highest BCUT2D eigenvalue weighted by atomic mass is 16.5. The first-order chi connectivity index (χ1) is 5.63. The number of aliphatic hydroxyl groups excluding tert-OH is 1. The third-order valence-corrected chi connectivity index (χ3v) is 2.30. The van der Waals surface area contributed by atoms with Crippen molar-refractivity contribution in [1.29, 1.82) is 0 Å². The van der Waals surface area contributed by atoms with Crippen LogP contribution in [0.1, 0.15) is 40.5 Å². The predicted octanol–water partition coefficient (Wildman–Crippen LogP) is 2.21. The molecule has 0 aromatic carbocycles. The minimum Gasteiger partial charge on any atom is -0.393 e. The average Bonchev–Trinajstić information content (AvgIpc) is 2.03. The largest absolute Gasteiger partial charge is 0.393 e. The molecule has 0 saturated carbocycles. The van der Waals surface area contributed by atoms with Gasteiger partial charge in [-0.15, -0.1) is 0 Å². The lowest BCUT2D eigenvalue weighted by Gasteiger charge is -2.25. The molecular formula is C10H22O2. The summed E-state index contributed by atoms with van der Waals surface area (Å²) in [7, 11) is 0.